The number of ether oxygens (including phenoxy) is 1. The molecule has 6 atom stereocenters. The molecule has 6 rings (SSSR count). The van der Waals surface area contributed by atoms with Gasteiger partial charge in [0, 0.05) is 30.6 Å². The van der Waals surface area contributed by atoms with Gasteiger partial charge in [-0.05, 0) is 104 Å². The van der Waals surface area contributed by atoms with E-state index in [1.165, 1.54) is 29.6 Å². The smallest absolute Gasteiger partial charge is 0.411 e. The van der Waals surface area contributed by atoms with Crippen LogP contribution in [0.25, 0.3) is 0 Å². The van der Waals surface area contributed by atoms with Gasteiger partial charge in [-0.25, -0.2) is 0 Å². The number of oxime groups is 1. The largest absolute Gasteiger partial charge is 0.457 e. The Labute approximate surface area is 245 Å². The minimum Gasteiger partial charge on any atom is -0.411 e. The lowest BCUT2D eigenvalue weighted by atomic mass is 9.47. The highest BCUT2D eigenvalue weighted by atomic mass is 19.4. The first kappa shape index (κ1) is 29.0. The van der Waals surface area contributed by atoms with Crippen LogP contribution in [-0.2, 0) is 9.53 Å². The molecule has 1 aromatic carbocycles. The zero-order valence-electron chi connectivity index (χ0n) is 24.6. The van der Waals surface area contributed by atoms with E-state index in [2.05, 4.69) is 47.2 Å². The van der Waals surface area contributed by atoms with Crippen LogP contribution in [0.5, 0.6) is 0 Å². The van der Waals surface area contributed by atoms with Crippen LogP contribution in [0, 0.1) is 40.4 Å². The third-order valence-electron chi connectivity index (χ3n) is 11.1. The van der Waals surface area contributed by atoms with E-state index in [9.17, 15) is 23.2 Å². The van der Waals surface area contributed by atoms with Crippen LogP contribution in [0.15, 0.2) is 52.2 Å². The van der Waals surface area contributed by atoms with Gasteiger partial charge in [-0.15, -0.1) is 0 Å². The maximum atomic E-state index is 13.5. The van der Waals surface area contributed by atoms with Gasteiger partial charge in [0.25, 0.3) is 0 Å². The summed E-state index contributed by atoms with van der Waals surface area (Å²) in [4.78, 5) is 15.7. The highest BCUT2D eigenvalue weighted by Crippen LogP contribution is 2.70. The zero-order chi connectivity index (χ0) is 29.9. The Hall–Kier alpha value is -3.05. The Morgan fingerprint density at radius 2 is 1.88 bits per heavy atom. The number of ketones is 1. The molecule has 5 nitrogen and oxygen atoms in total. The maximum absolute atomic E-state index is 13.5. The summed E-state index contributed by atoms with van der Waals surface area (Å²) in [5.74, 6) is 4.22. The van der Waals surface area contributed by atoms with E-state index in [4.69, 9.17) is 4.74 Å². The first-order valence-corrected chi connectivity index (χ1v) is 15.2. The van der Waals surface area contributed by atoms with E-state index < -0.39 is 17.0 Å². The quantitative estimate of drug-likeness (QED) is 0.236. The molecule has 1 heterocycles. The van der Waals surface area contributed by atoms with Crippen molar-refractivity contribution in [1.29, 1.82) is 0 Å². The summed E-state index contributed by atoms with van der Waals surface area (Å²) in [6, 6.07) is 8.62. The van der Waals surface area contributed by atoms with Gasteiger partial charge in [-0.3, -0.25) is 4.79 Å². The molecular weight excluding hydrogens is 541 g/mol. The monoisotopic (exact) mass is 580 g/mol. The number of hydrogen-bond donors (Lipinski definition) is 1. The molecule has 0 amide bonds. The number of carbonyl (C=O) groups excluding carboxylic acids is 1. The molecule has 1 N–H and O–H groups in total. The molecule has 8 heteroatoms. The molecule has 1 aliphatic heterocycles. The average molecular weight is 581 g/mol. The molecule has 3 fully saturated rings. The van der Waals surface area contributed by atoms with Crippen LogP contribution in [-0.4, -0.2) is 49.2 Å². The number of rotatable bonds is 3. The minimum absolute atomic E-state index is 0.0435. The summed E-state index contributed by atoms with van der Waals surface area (Å²) in [6.07, 6.45) is 1.26. The predicted molar refractivity (Wildman–Crippen MR) is 155 cm³/mol. The highest BCUT2D eigenvalue weighted by molar-refractivity contribution is 5.97. The maximum Gasteiger partial charge on any atom is 0.457 e. The number of fused-ring (bicyclic) bond motifs is 4. The number of Topliss-reactive ketones (excluding diaryl/α,β-unsaturated/α-hetero) is 1. The van der Waals surface area contributed by atoms with Gasteiger partial charge in [-0.1, -0.05) is 42.6 Å². The Morgan fingerprint density at radius 1 is 1.17 bits per heavy atom. The summed E-state index contributed by atoms with van der Waals surface area (Å²) >= 11 is 0. The average Bonchev–Trinajstić information content (AvgIpc) is 3.29. The number of hydrogen-bond acceptors (Lipinski definition) is 5. The van der Waals surface area contributed by atoms with Gasteiger partial charge >= 0.3 is 6.18 Å². The molecule has 0 aromatic heterocycles. The van der Waals surface area contributed by atoms with Crippen LogP contribution >= 0.6 is 0 Å². The van der Waals surface area contributed by atoms with Crippen LogP contribution in [0.4, 0.5) is 18.9 Å². The number of halogens is 3. The lowest BCUT2D eigenvalue weighted by Crippen LogP contribution is -2.50. The molecule has 1 unspecified atom stereocenters. The number of nitrogens with zero attached hydrogens (tertiary/aromatic N) is 2. The second kappa shape index (κ2) is 10.6. The fourth-order valence-electron chi connectivity index (χ4n) is 9.16. The Balaban J connectivity index is 1.50. The first-order chi connectivity index (χ1) is 20.0. The van der Waals surface area contributed by atoms with E-state index in [1.807, 2.05) is 13.0 Å². The highest BCUT2D eigenvalue weighted by Gasteiger charge is 2.65. The molecule has 42 heavy (non-hydrogen) atoms. The van der Waals surface area contributed by atoms with E-state index in [1.54, 1.807) is 0 Å². The number of benzene rings is 1. The summed E-state index contributed by atoms with van der Waals surface area (Å²) < 4.78 is 45.9. The standard InChI is InChI=1S/C34H39F3N2O3/c1-21-18-28-30-10-11-33(22(2)40,12-13-34(35,36)37)32(30,3)20-29(31(28)26-9-6-24(38-41)19-27(21)26)23-4-7-25(8-5-23)39-14-16-42-17-15-39/h4-5,7-8,19,21,28-30,41H,6,9-11,14-18,20H2,1-3H3/b38-24+/t21?,28-,29+,30-,32-,33-/m0/s1. The van der Waals surface area contributed by atoms with Gasteiger partial charge in [0.15, 0.2) is 0 Å². The number of allylic oxidation sites excluding steroid dienone is 4. The Bertz CT molecular complexity index is 1410. The van der Waals surface area contributed by atoms with Crippen molar-refractivity contribution in [3.8, 4) is 11.8 Å². The van der Waals surface area contributed by atoms with Crippen molar-refractivity contribution in [3.63, 3.8) is 0 Å². The van der Waals surface area contributed by atoms with Crippen molar-refractivity contribution in [2.24, 2.45) is 33.7 Å². The van der Waals surface area contributed by atoms with Crippen LogP contribution in [0.3, 0.4) is 0 Å². The number of anilines is 1. The lowest BCUT2D eigenvalue weighted by molar-refractivity contribution is -0.130. The van der Waals surface area contributed by atoms with Gasteiger partial charge in [-0.2, -0.15) is 13.2 Å². The summed E-state index contributed by atoms with van der Waals surface area (Å²) in [6.45, 7) is 8.72. The minimum atomic E-state index is -4.65. The third-order valence-corrected chi connectivity index (χ3v) is 11.1. The van der Waals surface area contributed by atoms with E-state index in [-0.39, 0.29) is 29.5 Å². The molecule has 0 spiro atoms. The summed E-state index contributed by atoms with van der Waals surface area (Å²) in [5, 5.41) is 13.0. The number of carbonyl (C=O) groups is 1. The molecule has 0 bridgehead atoms. The molecule has 5 aliphatic rings. The van der Waals surface area contributed by atoms with Crippen molar-refractivity contribution >= 4 is 17.2 Å². The topological polar surface area (TPSA) is 62.1 Å². The zero-order valence-corrected chi connectivity index (χ0v) is 24.6. The van der Waals surface area contributed by atoms with Crippen molar-refractivity contribution in [2.45, 2.75) is 71.4 Å². The summed E-state index contributed by atoms with van der Waals surface area (Å²) in [5.41, 5.74) is 4.81. The van der Waals surface area contributed by atoms with Crippen molar-refractivity contribution < 1.29 is 27.9 Å². The van der Waals surface area contributed by atoms with Gasteiger partial charge in [0.1, 0.15) is 5.78 Å². The molecule has 2 saturated carbocycles. The first-order valence-electron chi connectivity index (χ1n) is 15.2. The second-order valence-corrected chi connectivity index (χ2v) is 13.1. The molecule has 0 radical (unpaired) electrons. The second-order valence-electron chi connectivity index (χ2n) is 13.1. The van der Waals surface area contributed by atoms with Gasteiger partial charge < -0.3 is 14.8 Å². The normalized spacial score (nSPS) is 35.5. The molecule has 1 saturated heterocycles. The van der Waals surface area contributed by atoms with Crippen LogP contribution in [0.2, 0.25) is 0 Å². The van der Waals surface area contributed by atoms with E-state index in [0.717, 1.165) is 37.2 Å². The van der Waals surface area contributed by atoms with Crippen LogP contribution in [0.1, 0.15) is 70.8 Å². The number of alkyl halides is 3. The van der Waals surface area contributed by atoms with Crippen LogP contribution < -0.4 is 4.90 Å². The summed E-state index contributed by atoms with van der Waals surface area (Å²) in [7, 11) is 0. The van der Waals surface area contributed by atoms with E-state index in [0.29, 0.717) is 44.6 Å². The number of morpholine rings is 1. The molecule has 224 valence electrons. The predicted octanol–water partition coefficient (Wildman–Crippen LogP) is 7.07. The molecule has 1 aromatic rings. The lowest BCUT2D eigenvalue weighted by Gasteiger charge is -2.55. The van der Waals surface area contributed by atoms with Gasteiger partial charge in [0.2, 0.25) is 0 Å². The van der Waals surface area contributed by atoms with Gasteiger partial charge in [0.05, 0.1) is 24.3 Å². The molecular formula is C34H39F3N2O3. The third kappa shape index (κ3) is 4.69. The van der Waals surface area contributed by atoms with E-state index >= 15 is 0 Å². The SMILES string of the molecule is CC(=O)[C@@]1(C#CC(F)(F)F)CC[C@H]2[C@@H]3CC(C)C4=C/C(=N/O)CCC4=C3[C@@H](c3ccc(N4CCOCC4)cc3)C[C@@]21C. The Kier molecular flexibility index (Phi) is 7.32. The van der Waals surface area contributed by atoms with Crippen molar-refractivity contribution in [3.05, 3.63) is 52.6 Å². The fourth-order valence-corrected chi connectivity index (χ4v) is 9.16. The Morgan fingerprint density at radius 3 is 2.52 bits per heavy atom. The van der Waals surface area contributed by atoms with Crippen molar-refractivity contribution in [2.75, 3.05) is 31.2 Å². The van der Waals surface area contributed by atoms with Crippen molar-refractivity contribution in [1.82, 2.24) is 0 Å². The fraction of sp³-hybridized carbons (Fsp3) is 0.588. The molecule has 4 aliphatic carbocycles.